The summed E-state index contributed by atoms with van der Waals surface area (Å²) in [7, 11) is 1.30. The first kappa shape index (κ1) is 21.2. The molecule has 8 nitrogen and oxygen atoms in total. The van der Waals surface area contributed by atoms with Crippen LogP contribution in [0.15, 0.2) is 30.3 Å². The molecule has 0 radical (unpaired) electrons. The fourth-order valence-electron chi connectivity index (χ4n) is 3.04. The van der Waals surface area contributed by atoms with Crippen molar-refractivity contribution in [2.24, 2.45) is 0 Å². The molecular formula is C20H26N4O4S. The summed E-state index contributed by atoms with van der Waals surface area (Å²) in [5.74, 6) is 0.991. The first-order chi connectivity index (χ1) is 13.8. The first-order valence-electron chi connectivity index (χ1n) is 9.40. The minimum atomic E-state index is -0.611. The maximum Gasteiger partial charge on any atom is 0.410 e. The van der Waals surface area contributed by atoms with Crippen LogP contribution in [-0.2, 0) is 28.3 Å². The third-order valence-corrected chi connectivity index (χ3v) is 5.57. The van der Waals surface area contributed by atoms with Gasteiger partial charge in [-0.25, -0.2) is 14.3 Å². The molecule has 0 bridgehead atoms. The summed E-state index contributed by atoms with van der Waals surface area (Å²) in [6.07, 6.45) is -0.411. The van der Waals surface area contributed by atoms with E-state index >= 15 is 0 Å². The van der Waals surface area contributed by atoms with Gasteiger partial charge in [-0.2, -0.15) is 11.8 Å². The molecule has 156 valence electrons. The van der Waals surface area contributed by atoms with Gasteiger partial charge in [0.05, 0.1) is 31.9 Å². The highest BCUT2D eigenvalue weighted by molar-refractivity contribution is 7.98. The van der Waals surface area contributed by atoms with Gasteiger partial charge in [0.2, 0.25) is 0 Å². The van der Waals surface area contributed by atoms with Gasteiger partial charge in [-0.3, -0.25) is 4.90 Å². The molecule has 1 atom stereocenters. The number of fused-ring (bicyclic) bond motifs is 1. The van der Waals surface area contributed by atoms with E-state index in [0.717, 1.165) is 5.75 Å². The zero-order valence-corrected chi connectivity index (χ0v) is 17.9. The molecule has 3 rings (SSSR count). The van der Waals surface area contributed by atoms with Gasteiger partial charge in [0, 0.05) is 11.5 Å². The van der Waals surface area contributed by atoms with Crippen molar-refractivity contribution in [3.8, 4) is 0 Å². The molecule has 1 aromatic heterocycles. The summed E-state index contributed by atoms with van der Waals surface area (Å²) in [4.78, 5) is 26.5. The van der Waals surface area contributed by atoms with Gasteiger partial charge in [-0.15, -0.1) is 5.10 Å². The second-order valence-electron chi connectivity index (χ2n) is 7.82. The standard InChI is InChI=1S/C20H26N4O4S/c1-20(2,3)28-19(26)23-11-16-17(18(25)27-4)21-22-24(16)10-15(23)13-29-12-14-8-6-5-7-9-14/h5-9,15H,10-13H2,1-4H3/t15-/m1/s1. The number of esters is 1. The largest absolute Gasteiger partial charge is 0.464 e. The van der Waals surface area contributed by atoms with Crippen LogP contribution in [0.1, 0.15) is 42.5 Å². The number of ether oxygens (including phenoxy) is 2. The molecule has 1 aliphatic heterocycles. The van der Waals surface area contributed by atoms with E-state index < -0.39 is 17.7 Å². The number of aromatic nitrogens is 3. The molecule has 1 aliphatic rings. The van der Waals surface area contributed by atoms with Crippen LogP contribution in [0, 0.1) is 0 Å². The second kappa shape index (κ2) is 8.86. The van der Waals surface area contributed by atoms with Crippen molar-refractivity contribution in [3.63, 3.8) is 0 Å². The van der Waals surface area contributed by atoms with Gasteiger partial charge < -0.3 is 9.47 Å². The van der Waals surface area contributed by atoms with Crippen LogP contribution in [0.25, 0.3) is 0 Å². The molecule has 0 saturated heterocycles. The third-order valence-electron chi connectivity index (χ3n) is 4.41. The van der Waals surface area contributed by atoms with Gasteiger partial charge in [0.15, 0.2) is 5.69 Å². The topological polar surface area (TPSA) is 86.5 Å². The summed E-state index contributed by atoms with van der Waals surface area (Å²) in [6, 6.07) is 10.1. The molecule has 1 aromatic carbocycles. The van der Waals surface area contributed by atoms with Crippen LogP contribution >= 0.6 is 11.8 Å². The highest BCUT2D eigenvalue weighted by atomic mass is 32.2. The molecule has 29 heavy (non-hydrogen) atoms. The van der Waals surface area contributed by atoms with E-state index in [1.54, 1.807) is 21.3 Å². The van der Waals surface area contributed by atoms with Crippen molar-refractivity contribution >= 4 is 23.8 Å². The Labute approximate surface area is 174 Å². The molecule has 9 heteroatoms. The van der Waals surface area contributed by atoms with Gasteiger partial charge >= 0.3 is 12.1 Å². The second-order valence-corrected chi connectivity index (χ2v) is 8.85. The Balaban J connectivity index is 1.77. The smallest absolute Gasteiger partial charge is 0.410 e. The van der Waals surface area contributed by atoms with Crippen LogP contribution in [0.3, 0.4) is 0 Å². The predicted molar refractivity (Wildman–Crippen MR) is 110 cm³/mol. The van der Waals surface area contributed by atoms with E-state index in [2.05, 4.69) is 22.4 Å². The average molecular weight is 419 g/mol. The number of amides is 1. The molecule has 0 saturated carbocycles. The minimum absolute atomic E-state index is 0.127. The molecule has 0 unspecified atom stereocenters. The lowest BCUT2D eigenvalue weighted by atomic mass is 10.1. The van der Waals surface area contributed by atoms with E-state index in [9.17, 15) is 9.59 Å². The Bertz CT molecular complexity index is 863. The van der Waals surface area contributed by atoms with Crippen LogP contribution in [0.5, 0.6) is 0 Å². The summed E-state index contributed by atoms with van der Waals surface area (Å²) in [5, 5.41) is 8.04. The summed E-state index contributed by atoms with van der Waals surface area (Å²) < 4.78 is 12.1. The van der Waals surface area contributed by atoms with Crippen molar-refractivity contribution < 1.29 is 19.1 Å². The minimum Gasteiger partial charge on any atom is -0.464 e. The summed E-state index contributed by atoms with van der Waals surface area (Å²) in [6.45, 7) is 6.14. The molecular weight excluding hydrogens is 392 g/mol. The Hall–Kier alpha value is -2.55. The number of benzene rings is 1. The molecule has 0 aliphatic carbocycles. The van der Waals surface area contributed by atoms with E-state index in [4.69, 9.17) is 9.47 Å². The number of methoxy groups -OCH3 is 1. The number of carbonyl (C=O) groups is 2. The zero-order valence-electron chi connectivity index (χ0n) is 17.1. The zero-order chi connectivity index (χ0) is 21.0. The van der Waals surface area contributed by atoms with Gasteiger partial charge in [-0.1, -0.05) is 35.5 Å². The number of carbonyl (C=O) groups excluding carboxylic acids is 2. The SMILES string of the molecule is COC(=O)c1nnn2c1CN(C(=O)OC(C)(C)C)[C@@H](CSCc1ccccc1)C2. The number of hydrogen-bond acceptors (Lipinski definition) is 7. The molecule has 2 heterocycles. The lowest BCUT2D eigenvalue weighted by Crippen LogP contribution is -2.49. The Morgan fingerprint density at radius 3 is 2.62 bits per heavy atom. The molecule has 1 amide bonds. The van der Waals surface area contributed by atoms with E-state index in [1.165, 1.54) is 12.7 Å². The number of rotatable bonds is 5. The van der Waals surface area contributed by atoms with Crippen molar-refractivity contribution in [3.05, 3.63) is 47.3 Å². The van der Waals surface area contributed by atoms with Crippen molar-refractivity contribution in [2.45, 2.75) is 51.3 Å². The quantitative estimate of drug-likeness (QED) is 0.690. The third kappa shape index (κ3) is 5.29. The maximum absolute atomic E-state index is 12.9. The van der Waals surface area contributed by atoms with Crippen LogP contribution in [0.2, 0.25) is 0 Å². The highest BCUT2D eigenvalue weighted by Gasteiger charge is 2.36. The van der Waals surface area contributed by atoms with E-state index in [-0.39, 0.29) is 18.3 Å². The Morgan fingerprint density at radius 1 is 1.24 bits per heavy atom. The van der Waals surface area contributed by atoms with Crippen molar-refractivity contribution in [1.29, 1.82) is 0 Å². The maximum atomic E-state index is 12.9. The average Bonchev–Trinajstić information content (AvgIpc) is 3.09. The van der Waals surface area contributed by atoms with Gasteiger partial charge in [0.25, 0.3) is 0 Å². The molecule has 2 aromatic rings. The highest BCUT2D eigenvalue weighted by Crippen LogP contribution is 2.25. The van der Waals surface area contributed by atoms with Gasteiger partial charge in [0.1, 0.15) is 5.60 Å². The number of thioether (sulfide) groups is 1. The van der Waals surface area contributed by atoms with Crippen LogP contribution in [-0.4, -0.2) is 56.5 Å². The molecule has 0 spiro atoms. The normalized spacial score (nSPS) is 16.3. The summed E-state index contributed by atoms with van der Waals surface area (Å²) in [5.41, 5.74) is 1.31. The van der Waals surface area contributed by atoms with Crippen molar-refractivity contribution in [2.75, 3.05) is 12.9 Å². The van der Waals surface area contributed by atoms with Crippen LogP contribution < -0.4 is 0 Å². The van der Waals surface area contributed by atoms with E-state index in [1.807, 2.05) is 39.0 Å². The predicted octanol–water partition coefficient (Wildman–Crippen LogP) is 3.12. The Kier molecular flexibility index (Phi) is 6.46. The van der Waals surface area contributed by atoms with Gasteiger partial charge in [-0.05, 0) is 26.3 Å². The lowest BCUT2D eigenvalue weighted by Gasteiger charge is -2.36. The fraction of sp³-hybridized carbons (Fsp3) is 0.500. The van der Waals surface area contributed by atoms with Crippen LogP contribution in [0.4, 0.5) is 4.79 Å². The molecule has 0 N–H and O–H groups in total. The summed E-state index contributed by atoms with van der Waals surface area (Å²) >= 11 is 1.74. The molecule has 0 fully saturated rings. The number of hydrogen-bond donors (Lipinski definition) is 0. The van der Waals surface area contributed by atoms with E-state index in [0.29, 0.717) is 18.0 Å². The Morgan fingerprint density at radius 2 is 1.97 bits per heavy atom. The number of nitrogens with zero attached hydrogens (tertiary/aromatic N) is 4. The lowest BCUT2D eigenvalue weighted by molar-refractivity contribution is 0.00927. The fourth-order valence-corrected chi connectivity index (χ4v) is 4.15. The monoisotopic (exact) mass is 418 g/mol. The first-order valence-corrected chi connectivity index (χ1v) is 10.6. The van der Waals surface area contributed by atoms with Crippen molar-refractivity contribution in [1.82, 2.24) is 19.9 Å².